The van der Waals surface area contributed by atoms with Gasteiger partial charge in [0.15, 0.2) is 0 Å². The Labute approximate surface area is 129 Å². The number of fused-ring (bicyclic) bond motifs is 1. The van der Waals surface area contributed by atoms with Crippen molar-refractivity contribution in [3.05, 3.63) is 35.5 Å². The van der Waals surface area contributed by atoms with Crippen LogP contribution < -0.4 is 10.2 Å². The van der Waals surface area contributed by atoms with Crippen LogP contribution in [0.2, 0.25) is 5.02 Å². The van der Waals surface area contributed by atoms with Gasteiger partial charge in [-0.3, -0.25) is 9.88 Å². The molecule has 1 N–H and O–H groups in total. The van der Waals surface area contributed by atoms with Crippen LogP contribution in [0.15, 0.2) is 30.5 Å². The third kappa shape index (κ3) is 2.48. The monoisotopic (exact) mass is 302 g/mol. The molecule has 0 bridgehead atoms. The largest absolute Gasteiger partial charge is 0.368 e. The fourth-order valence-corrected chi connectivity index (χ4v) is 3.41. The number of piperazine rings is 1. The molecule has 0 radical (unpaired) electrons. The Morgan fingerprint density at radius 2 is 1.90 bits per heavy atom. The first-order valence-electron chi connectivity index (χ1n) is 7.55. The zero-order valence-corrected chi connectivity index (χ0v) is 12.7. The lowest BCUT2D eigenvalue weighted by Gasteiger charge is -2.44. The molecule has 2 fully saturated rings. The second-order valence-electron chi connectivity index (χ2n) is 5.83. The van der Waals surface area contributed by atoms with E-state index in [1.54, 1.807) is 0 Å². The fourth-order valence-electron chi connectivity index (χ4n) is 3.24. The van der Waals surface area contributed by atoms with Gasteiger partial charge in [0, 0.05) is 67.6 Å². The predicted octanol–water partition coefficient (Wildman–Crippen LogP) is 1.98. The van der Waals surface area contributed by atoms with E-state index in [1.807, 2.05) is 18.3 Å². The summed E-state index contributed by atoms with van der Waals surface area (Å²) in [5.41, 5.74) is 2.26. The smallest absolute Gasteiger partial charge is 0.0737 e. The second-order valence-corrected chi connectivity index (χ2v) is 6.26. The lowest BCUT2D eigenvalue weighted by atomic mass is 10.1. The van der Waals surface area contributed by atoms with Gasteiger partial charge in [-0.05, 0) is 24.3 Å². The first kappa shape index (κ1) is 13.3. The summed E-state index contributed by atoms with van der Waals surface area (Å²) in [6, 6.07) is 8.85. The van der Waals surface area contributed by atoms with Gasteiger partial charge in [-0.15, -0.1) is 0 Å². The lowest BCUT2D eigenvalue weighted by Crippen LogP contribution is -2.61. The molecule has 0 unspecified atom stereocenters. The van der Waals surface area contributed by atoms with Gasteiger partial charge < -0.3 is 10.2 Å². The van der Waals surface area contributed by atoms with Gasteiger partial charge >= 0.3 is 0 Å². The minimum Gasteiger partial charge on any atom is -0.368 e. The van der Waals surface area contributed by atoms with E-state index in [-0.39, 0.29) is 0 Å². The molecule has 5 heteroatoms. The maximum absolute atomic E-state index is 6.07. The van der Waals surface area contributed by atoms with E-state index in [0.29, 0.717) is 0 Å². The van der Waals surface area contributed by atoms with Crippen LogP contribution in [0, 0.1) is 0 Å². The Bertz CT molecular complexity index is 648. The summed E-state index contributed by atoms with van der Waals surface area (Å²) in [5, 5.41) is 5.29. The molecule has 0 saturated carbocycles. The van der Waals surface area contributed by atoms with Crippen molar-refractivity contribution in [2.75, 3.05) is 44.2 Å². The number of hydrogen-bond donors (Lipinski definition) is 1. The minimum atomic E-state index is 0.745. The molecular weight excluding hydrogens is 284 g/mol. The Morgan fingerprint density at radius 3 is 2.62 bits per heavy atom. The van der Waals surface area contributed by atoms with Crippen molar-refractivity contribution >= 4 is 28.2 Å². The normalized spacial score (nSPS) is 20.7. The number of aromatic nitrogens is 1. The zero-order chi connectivity index (χ0) is 14.2. The van der Waals surface area contributed by atoms with Crippen molar-refractivity contribution in [1.82, 2.24) is 15.2 Å². The van der Waals surface area contributed by atoms with Gasteiger partial charge in [-0.1, -0.05) is 11.6 Å². The van der Waals surface area contributed by atoms with Crippen molar-refractivity contribution in [3.8, 4) is 0 Å². The van der Waals surface area contributed by atoms with Crippen LogP contribution >= 0.6 is 11.6 Å². The predicted molar refractivity (Wildman–Crippen MR) is 87.2 cm³/mol. The number of nitrogens with one attached hydrogen (secondary N) is 1. The van der Waals surface area contributed by atoms with E-state index >= 15 is 0 Å². The number of halogens is 1. The molecule has 4 nitrogen and oxygen atoms in total. The van der Waals surface area contributed by atoms with E-state index < -0.39 is 0 Å². The molecule has 2 aromatic rings. The summed E-state index contributed by atoms with van der Waals surface area (Å²) in [6.45, 7) is 6.75. The highest BCUT2D eigenvalue weighted by atomic mass is 35.5. The van der Waals surface area contributed by atoms with Crippen molar-refractivity contribution < 1.29 is 0 Å². The summed E-state index contributed by atoms with van der Waals surface area (Å²) >= 11 is 6.07. The lowest BCUT2D eigenvalue weighted by molar-refractivity contribution is 0.138. The molecule has 4 rings (SSSR count). The Kier molecular flexibility index (Phi) is 3.45. The van der Waals surface area contributed by atoms with Crippen LogP contribution in [0.25, 0.3) is 10.9 Å². The summed E-state index contributed by atoms with van der Waals surface area (Å²) < 4.78 is 0. The van der Waals surface area contributed by atoms with E-state index in [1.165, 1.54) is 11.1 Å². The zero-order valence-electron chi connectivity index (χ0n) is 11.9. The minimum absolute atomic E-state index is 0.745. The molecule has 0 amide bonds. The van der Waals surface area contributed by atoms with Gasteiger partial charge in [0.05, 0.1) is 5.52 Å². The third-order valence-corrected chi connectivity index (χ3v) is 4.85. The van der Waals surface area contributed by atoms with Gasteiger partial charge in [-0.25, -0.2) is 0 Å². The second kappa shape index (κ2) is 5.44. The van der Waals surface area contributed by atoms with Crippen LogP contribution in [0.1, 0.15) is 0 Å². The number of nitrogens with zero attached hydrogens (tertiary/aromatic N) is 3. The molecule has 2 saturated heterocycles. The molecule has 1 aromatic heterocycles. The molecule has 3 heterocycles. The standard InChI is InChI=1S/C16H19ClN4/c17-12-1-2-14-15(9-12)19-4-3-16(14)21-7-5-20(6-8-21)13-10-18-11-13/h1-4,9,13,18H,5-8,10-11H2. The van der Waals surface area contributed by atoms with Crippen LogP contribution in [0.5, 0.6) is 0 Å². The first-order valence-corrected chi connectivity index (χ1v) is 7.93. The van der Waals surface area contributed by atoms with Crippen LogP contribution in [0.4, 0.5) is 5.69 Å². The van der Waals surface area contributed by atoms with Crippen LogP contribution in [-0.4, -0.2) is 55.2 Å². The van der Waals surface area contributed by atoms with E-state index in [2.05, 4.69) is 32.2 Å². The Balaban J connectivity index is 1.56. The highest BCUT2D eigenvalue weighted by molar-refractivity contribution is 6.31. The summed E-state index contributed by atoms with van der Waals surface area (Å²) in [4.78, 5) is 9.51. The number of benzene rings is 1. The average Bonchev–Trinajstić information content (AvgIpc) is 2.45. The molecular formula is C16H19ClN4. The Morgan fingerprint density at radius 1 is 1.10 bits per heavy atom. The van der Waals surface area contributed by atoms with Gasteiger partial charge in [0.1, 0.15) is 0 Å². The maximum atomic E-state index is 6.07. The highest BCUT2D eigenvalue weighted by Gasteiger charge is 2.28. The summed E-state index contributed by atoms with van der Waals surface area (Å²) in [5.74, 6) is 0. The topological polar surface area (TPSA) is 31.4 Å². The van der Waals surface area contributed by atoms with Crippen molar-refractivity contribution in [2.24, 2.45) is 0 Å². The first-order chi connectivity index (χ1) is 10.3. The van der Waals surface area contributed by atoms with Crippen molar-refractivity contribution in [2.45, 2.75) is 6.04 Å². The molecule has 110 valence electrons. The molecule has 2 aliphatic rings. The van der Waals surface area contributed by atoms with Crippen molar-refractivity contribution in [3.63, 3.8) is 0 Å². The maximum Gasteiger partial charge on any atom is 0.0737 e. The van der Waals surface area contributed by atoms with E-state index in [0.717, 1.165) is 55.8 Å². The van der Waals surface area contributed by atoms with Crippen molar-refractivity contribution in [1.29, 1.82) is 0 Å². The molecule has 0 atom stereocenters. The number of anilines is 1. The number of hydrogen-bond acceptors (Lipinski definition) is 4. The third-order valence-electron chi connectivity index (χ3n) is 4.61. The highest BCUT2D eigenvalue weighted by Crippen LogP contribution is 2.28. The van der Waals surface area contributed by atoms with Gasteiger partial charge in [0.25, 0.3) is 0 Å². The quantitative estimate of drug-likeness (QED) is 0.919. The SMILES string of the molecule is Clc1ccc2c(N3CCN(C4CNC4)CC3)ccnc2c1. The summed E-state index contributed by atoms with van der Waals surface area (Å²) in [6.07, 6.45) is 1.89. The Hall–Kier alpha value is -1.36. The van der Waals surface area contributed by atoms with Crippen LogP contribution in [0.3, 0.4) is 0 Å². The average molecular weight is 303 g/mol. The van der Waals surface area contributed by atoms with Gasteiger partial charge in [-0.2, -0.15) is 0 Å². The fraction of sp³-hybridized carbons (Fsp3) is 0.438. The number of pyridine rings is 1. The molecule has 1 aromatic carbocycles. The molecule has 0 spiro atoms. The molecule has 2 aliphatic heterocycles. The van der Waals surface area contributed by atoms with Gasteiger partial charge in [0.2, 0.25) is 0 Å². The number of rotatable bonds is 2. The summed E-state index contributed by atoms with van der Waals surface area (Å²) in [7, 11) is 0. The molecule has 0 aliphatic carbocycles. The van der Waals surface area contributed by atoms with E-state index in [4.69, 9.17) is 11.6 Å². The van der Waals surface area contributed by atoms with E-state index in [9.17, 15) is 0 Å². The molecule has 21 heavy (non-hydrogen) atoms. The van der Waals surface area contributed by atoms with Crippen LogP contribution in [-0.2, 0) is 0 Å².